The van der Waals surface area contributed by atoms with Crippen molar-refractivity contribution in [1.82, 2.24) is 14.9 Å². The Morgan fingerprint density at radius 3 is 2.88 bits per heavy atom. The number of hydrogen-bond acceptors (Lipinski definition) is 2. The molecular formula is C13H17N3. The smallest absolute Gasteiger partial charge is 0.123 e. The Hall–Kier alpha value is -1.61. The van der Waals surface area contributed by atoms with Crippen molar-refractivity contribution < 1.29 is 0 Å². The second-order valence-corrected chi connectivity index (χ2v) is 4.14. The number of hydrogen-bond donors (Lipinski definition) is 1. The van der Waals surface area contributed by atoms with Crippen LogP contribution in [0.25, 0.3) is 11.0 Å². The number of rotatable bonds is 4. The highest BCUT2D eigenvalue weighted by Crippen LogP contribution is 2.13. The summed E-state index contributed by atoms with van der Waals surface area (Å²) in [6, 6.07) is 8.18. The maximum absolute atomic E-state index is 4.58. The molecule has 0 aliphatic heterocycles. The van der Waals surface area contributed by atoms with Crippen LogP contribution in [0.5, 0.6) is 0 Å². The first kappa shape index (κ1) is 10.9. The minimum atomic E-state index is 0.776. The Kier molecular flexibility index (Phi) is 3.06. The first-order chi connectivity index (χ1) is 7.68. The van der Waals surface area contributed by atoms with E-state index in [2.05, 4.69) is 27.5 Å². The molecule has 0 radical (unpaired) electrons. The molecule has 0 unspecified atom stereocenters. The fourth-order valence-corrected chi connectivity index (χ4v) is 1.74. The number of fused-ring (bicyclic) bond motifs is 1. The van der Waals surface area contributed by atoms with Crippen LogP contribution in [0.2, 0.25) is 0 Å². The van der Waals surface area contributed by atoms with Crippen LogP contribution in [0.4, 0.5) is 0 Å². The van der Waals surface area contributed by atoms with Crippen LogP contribution in [0, 0.1) is 0 Å². The largest absolute Gasteiger partial charge is 0.330 e. The standard InChI is InChI=1S/C13H17N3/c1-10(2)8-14-9-13-15-11-6-4-5-7-12(11)16(13)3/h4-7,14H,1,8-9H2,2-3H3. The van der Waals surface area contributed by atoms with Gasteiger partial charge in [0, 0.05) is 13.6 Å². The lowest BCUT2D eigenvalue weighted by molar-refractivity contribution is 0.676. The van der Waals surface area contributed by atoms with Crippen molar-refractivity contribution in [3.63, 3.8) is 0 Å². The predicted molar refractivity (Wildman–Crippen MR) is 67.2 cm³/mol. The quantitative estimate of drug-likeness (QED) is 0.793. The van der Waals surface area contributed by atoms with Gasteiger partial charge in [0.05, 0.1) is 17.6 Å². The maximum Gasteiger partial charge on any atom is 0.123 e. The molecule has 2 aromatic rings. The number of benzene rings is 1. The van der Waals surface area contributed by atoms with Crippen molar-refractivity contribution in [3.05, 3.63) is 42.2 Å². The van der Waals surface area contributed by atoms with Crippen molar-refractivity contribution in [3.8, 4) is 0 Å². The monoisotopic (exact) mass is 215 g/mol. The molecule has 3 heteroatoms. The van der Waals surface area contributed by atoms with Gasteiger partial charge in [-0.25, -0.2) is 4.98 Å². The molecule has 1 aromatic heterocycles. The molecule has 0 aliphatic rings. The lowest BCUT2D eigenvalue weighted by Gasteiger charge is -2.04. The predicted octanol–water partition coefficient (Wildman–Crippen LogP) is 2.24. The van der Waals surface area contributed by atoms with Crippen molar-refractivity contribution in [2.24, 2.45) is 7.05 Å². The highest BCUT2D eigenvalue weighted by atomic mass is 15.1. The molecule has 0 saturated heterocycles. The lowest BCUT2D eigenvalue weighted by Crippen LogP contribution is -2.17. The summed E-state index contributed by atoms with van der Waals surface area (Å²) in [6.07, 6.45) is 0. The number of para-hydroxylation sites is 2. The molecular weight excluding hydrogens is 198 g/mol. The normalized spacial score (nSPS) is 10.9. The molecule has 0 saturated carbocycles. The van der Waals surface area contributed by atoms with Gasteiger partial charge in [-0.1, -0.05) is 24.3 Å². The van der Waals surface area contributed by atoms with Crippen LogP contribution in [-0.4, -0.2) is 16.1 Å². The number of aromatic nitrogens is 2. The highest BCUT2D eigenvalue weighted by molar-refractivity contribution is 5.75. The SMILES string of the molecule is C=C(C)CNCc1nc2ccccc2n1C. The maximum atomic E-state index is 4.58. The summed E-state index contributed by atoms with van der Waals surface area (Å²) in [7, 11) is 2.05. The zero-order chi connectivity index (χ0) is 11.5. The summed E-state index contributed by atoms with van der Waals surface area (Å²) in [5.74, 6) is 1.06. The van der Waals surface area contributed by atoms with E-state index in [1.165, 1.54) is 5.52 Å². The van der Waals surface area contributed by atoms with Gasteiger partial charge in [-0.2, -0.15) is 0 Å². The van der Waals surface area contributed by atoms with Gasteiger partial charge in [-0.15, -0.1) is 0 Å². The molecule has 1 heterocycles. The summed E-state index contributed by atoms with van der Waals surface area (Å²) in [4.78, 5) is 4.58. The molecule has 0 aliphatic carbocycles. The molecule has 3 nitrogen and oxygen atoms in total. The summed E-state index contributed by atoms with van der Waals surface area (Å²) < 4.78 is 2.13. The van der Waals surface area contributed by atoms with E-state index in [-0.39, 0.29) is 0 Å². The van der Waals surface area contributed by atoms with Crippen molar-refractivity contribution in [2.45, 2.75) is 13.5 Å². The van der Waals surface area contributed by atoms with Crippen LogP contribution >= 0.6 is 0 Å². The number of aryl methyl sites for hydroxylation is 1. The molecule has 2 rings (SSSR count). The van der Waals surface area contributed by atoms with E-state index in [0.29, 0.717) is 0 Å². The number of nitrogens with zero attached hydrogens (tertiary/aromatic N) is 2. The fraction of sp³-hybridized carbons (Fsp3) is 0.308. The van der Waals surface area contributed by atoms with E-state index in [0.717, 1.165) is 30.0 Å². The third-order valence-electron chi connectivity index (χ3n) is 2.59. The van der Waals surface area contributed by atoms with E-state index in [4.69, 9.17) is 0 Å². The second-order valence-electron chi connectivity index (χ2n) is 4.14. The molecule has 16 heavy (non-hydrogen) atoms. The molecule has 84 valence electrons. The molecule has 0 spiro atoms. The number of nitrogens with one attached hydrogen (secondary N) is 1. The summed E-state index contributed by atoms with van der Waals surface area (Å²) >= 11 is 0. The molecule has 0 atom stereocenters. The van der Waals surface area contributed by atoms with E-state index in [1.54, 1.807) is 0 Å². The van der Waals surface area contributed by atoms with E-state index in [1.807, 2.05) is 32.2 Å². The Morgan fingerprint density at radius 2 is 2.19 bits per heavy atom. The Bertz CT molecular complexity index is 511. The fourth-order valence-electron chi connectivity index (χ4n) is 1.74. The lowest BCUT2D eigenvalue weighted by atomic mass is 10.3. The van der Waals surface area contributed by atoms with Crippen molar-refractivity contribution >= 4 is 11.0 Å². The van der Waals surface area contributed by atoms with Crippen LogP contribution in [0.1, 0.15) is 12.7 Å². The Labute approximate surface area is 95.8 Å². The van der Waals surface area contributed by atoms with Gasteiger partial charge < -0.3 is 9.88 Å². The first-order valence-electron chi connectivity index (χ1n) is 5.44. The summed E-state index contributed by atoms with van der Waals surface area (Å²) in [5.41, 5.74) is 3.37. The number of imidazole rings is 1. The van der Waals surface area contributed by atoms with Gasteiger partial charge in [0.1, 0.15) is 5.82 Å². The van der Waals surface area contributed by atoms with Gasteiger partial charge in [0.15, 0.2) is 0 Å². The average Bonchev–Trinajstić information content (AvgIpc) is 2.56. The third kappa shape index (κ3) is 2.14. The minimum Gasteiger partial charge on any atom is -0.330 e. The molecule has 1 aromatic carbocycles. The zero-order valence-electron chi connectivity index (χ0n) is 9.83. The van der Waals surface area contributed by atoms with Gasteiger partial charge in [-0.05, 0) is 19.1 Å². The van der Waals surface area contributed by atoms with E-state index < -0.39 is 0 Å². The van der Waals surface area contributed by atoms with E-state index >= 15 is 0 Å². The molecule has 0 bridgehead atoms. The molecule has 1 N–H and O–H groups in total. The Morgan fingerprint density at radius 1 is 1.44 bits per heavy atom. The van der Waals surface area contributed by atoms with Crippen molar-refractivity contribution in [1.29, 1.82) is 0 Å². The summed E-state index contributed by atoms with van der Waals surface area (Å²) in [6.45, 7) is 7.49. The van der Waals surface area contributed by atoms with Crippen LogP contribution in [0.3, 0.4) is 0 Å². The minimum absolute atomic E-state index is 0.776. The van der Waals surface area contributed by atoms with E-state index in [9.17, 15) is 0 Å². The topological polar surface area (TPSA) is 29.9 Å². The van der Waals surface area contributed by atoms with Crippen molar-refractivity contribution in [2.75, 3.05) is 6.54 Å². The van der Waals surface area contributed by atoms with Gasteiger partial charge in [-0.3, -0.25) is 0 Å². The molecule has 0 amide bonds. The summed E-state index contributed by atoms with van der Waals surface area (Å²) in [5, 5.41) is 3.32. The highest BCUT2D eigenvalue weighted by Gasteiger charge is 2.05. The van der Waals surface area contributed by atoms with Gasteiger partial charge in [0.25, 0.3) is 0 Å². The van der Waals surface area contributed by atoms with Crippen LogP contribution < -0.4 is 5.32 Å². The molecule has 0 fully saturated rings. The average molecular weight is 215 g/mol. The third-order valence-corrected chi connectivity index (χ3v) is 2.59. The van der Waals surface area contributed by atoms with Crippen LogP contribution in [-0.2, 0) is 13.6 Å². The van der Waals surface area contributed by atoms with Crippen LogP contribution in [0.15, 0.2) is 36.4 Å². The van der Waals surface area contributed by atoms with Gasteiger partial charge >= 0.3 is 0 Å². The Balaban J connectivity index is 2.18. The second kappa shape index (κ2) is 4.49. The first-order valence-corrected chi connectivity index (χ1v) is 5.44. The zero-order valence-corrected chi connectivity index (χ0v) is 9.83. The van der Waals surface area contributed by atoms with Gasteiger partial charge in [0.2, 0.25) is 0 Å².